The topological polar surface area (TPSA) is 78.8 Å². The van der Waals surface area contributed by atoms with Crippen molar-refractivity contribution in [3.63, 3.8) is 0 Å². The molecule has 1 aromatic rings. The molecule has 0 radical (unpaired) electrons. The highest BCUT2D eigenvalue weighted by Crippen LogP contribution is 2.28. The Morgan fingerprint density at radius 2 is 1.78 bits per heavy atom. The molecule has 23 heavy (non-hydrogen) atoms. The smallest absolute Gasteiger partial charge is 0.266 e. The molecule has 2 rings (SSSR count). The maximum Gasteiger partial charge on any atom is 0.266 e. The van der Waals surface area contributed by atoms with Gasteiger partial charge in [-0.25, -0.2) is 22.0 Å². The van der Waals surface area contributed by atoms with Gasteiger partial charge in [0.25, 0.3) is 6.43 Å². The van der Waals surface area contributed by atoms with E-state index in [9.17, 15) is 32.2 Å². The van der Waals surface area contributed by atoms with E-state index in [0.717, 1.165) is 6.08 Å². The molecule has 0 aliphatic carbocycles. The van der Waals surface area contributed by atoms with Gasteiger partial charge in [-0.1, -0.05) is 0 Å². The number of nitrogens with zero attached hydrogens (tertiary/aromatic N) is 1. The molecule has 1 aliphatic rings. The average molecular weight is 336 g/mol. The van der Waals surface area contributed by atoms with E-state index in [1.54, 1.807) is 0 Å². The van der Waals surface area contributed by atoms with Gasteiger partial charge < -0.3 is 15.9 Å². The SMILES string of the molecule is NC1(C(O)C(F)F)CN=C(c2cc(F)c(F)cc2F)C=C1CO. The molecular weight excluding hydrogens is 323 g/mol. The molecule has 2 atom stereocenters. The minimum Gasteiger partial charge on any atom is -0.392 e. The molecule has 0 fully saturated rings. The Hall–Kier alpha value is -1.84. The molecule has 0 bridgehead atoms. The highest BCUT2D eigenvalue weighted by atomic mass is 19.3. The number of rotatable bonds is 4. The molecule has 4 N–H and O–H groups in total. The van der Waals surface area contributed by atoms with E-state index >= 15 is 0 Å². The Morgan fingerprint density at radius 1 is 1.17 bits per heavy atom. The summed E-state index contributed by atoms with van der Waals surface area (Å²) in [5.41, 5.74) is 2.82. The lowest BCUT2D eigenvalue weighted by molar-refractivity contribution is -0.0396. The molecule has 0 saturated carbocycles. The van der Waals surface area contributed by atoms with Crippen LogP contribution in [0.15, 0.2) is 28.8 Å². The zero-order chi connectivity index (χ0) is 17.4. The van der Waals surface area contributed by atoms with Gasteiger partial charge in [-0.15, -0.1) is 0 Å². The van der Waals surface area contributed by atoms with E-state index in [0.29, 0.717) is 12.1 Å². The molecule has 126 valence electrons. The first-order valence-corrected chi connectivity index (χ1v) is 6.47. The van der Waals surface area contributed by atoms with Crippen molar-refractivity contribution in [2.24, 2.45) is 10.7 Å². The average Bonchev–Trinajstić information content (AvgIpc) is 2.50. The van der Waals surface area contributed by atoms with Crippen molar-refractivity contribution in [3.05, 3.63) is 46.8 Å². The first kappa shape index (κ1) is 17.5. The van der Waals surface area contributed by atoms with Gasteiger partial charge in [0.05, 0.1) is 24.4 Å². The van der Waals surface area contributed by atoms with Crippen LogP contribution >= 0.6 is 0 Å². The summed E-state index contributed by atoms with van der Waals surface area (Å²) in [6, 6.07) is 0.875. The van der Waals surface area contributed by atoms with Crippen LogP contribution < -0.4 is 5.73 Å². The molecule has 9 heteroatoms. The number of allylic oxidation sites excluding steroid dienone is 1. The Labute approximate surface area is 127 Å². The lowest BCUT2D eigenvalue weighted by Crippen LogP contribution is -2.59. The summed E-state index contributed by atoms with van der Waals surface area (Å²) in [5.74, 6) is -3.83. The summed E-state index contributed by atoms with van der Waals surface area (Å²) in [6.45, 7) is -1.39. The number of alkyl halides is 2. The van der Waals surface area contributed by atoms with E-state index in [-0.39, 0.29) is 11.3 Å². The highest BCUT2D eigenvalue weighted by Gasteiger charge is 2.44. The maximum atomic E-state index is 13.7. The van der Waals surface area contributed by atoms with Gasteiger partial charge in [0.2, 0.25) is 0 Å². The molecule has 2 unspecified atom stereocenters. The monoisotopic (exact) mass is 336 g/mol. The van der Waals surface area contributed by atoms with Gasteiger partial charge >= 0.3 is 0 Å². The van der Waals surface area contributed by atoms with E-state index < -0.39 is 54.2 Å². The fourth-order valence-electron chi connectivity index (χ4n) is 2.25. The van der Waals surface area contributed by atoms with Gasteiger partial charge in [-0.3, -0.25) is 4.99 Å². The number of hydrogen-bond donors (Lipinski definition) is 3. The van der Waals surface area contributed by atoms with E-state index in [4.69, 9.17) is 5.73 Å². The third-order valence-electron chi connectivity index (χ3n) is 3.64. The Morgan fingerprint density at radius 3 is 2.35 bits per heavy atom. The van der Waals surface area contributed by atoms with Crippen LogP contribution in [-0.2, 0) is 0 Å². The minimum atomic E-state index is -3.19. The molecule has 0 amide bonds. The van der Waals surface area contributed by atoms with Gasteiger partial charge in [-0.2, -0.15) is 0 Å². The van der Waals surface area contributed by atoms with E-state index in [1.807, 2.05) is 0 Å². The molecule has 1 aromatic carbocycles. The van der Waals surface area contributed by atoms with Crippen molar-refractivity contribution in [1.29, 1.82) is 0 Å². The number of aliphatic hydroxyl groups excluding tert-OH is 2. The summed E-state index contributed by atoms with van der Waals surface area (Å²) in [6.07, 6.45) is -4.52. The van der Waals surface area contributed by atoms with Crippen LogP contribution in [0.25, 0.3) is 0 Å². The minimum absolute atomic E-state index is 0.201. The fraction of sp³-hybridized carbons (Fsp3) is 0.357. The van der Waals surface area contributed by atoms with Crippen molar-refractivity contribution in [2.75, 3.05) is 13.2 Å². The van der Waals surface area contributed by atoms with Gasteiger partial charge in [0.15, 0.2) is 11.6 Å². The van der Waals surface area contributed by atoms with Crippen molar-refractivity contribution in [3.8, 4) is 0 Å². The van der Waals surface area contributed by atoms with Crippen LogP contribution in [0.2, 0.25) is 0 Å². The summed E-state index contributed by atoms with van der Waals surface area (Å²) < 4.78 is 65.4. The number of halogens is 5. The van der Waals surface area contributed by atoms with Crippen LogP contribution in [-0.4, -0.2) is 47.1 Å². The summed E-state index contributed by atoms with van der Waals surface area (Å²) in [5, 5.41) is 18.8. The Bertz CT molecular complexity index is 677. The van der Waals surface area contributed by atoms with Gasteiger partial charge in [0, 0.05) is 11.6 Å². The van der Waals surface area contributed by atoms with Crippen LogP contribution in [0.4, 0.5) is 22.0 Å². The Kier molecular flexibility index (Phi) is 4.83. The second-order valence-corrected chi connectivity index (χ2v) is 5.09. The number of aliphatic imine (C=N–C) groups is 1. The first-order chi connectivity index (χ1) is 10.7. The molecule has 1 heterocycles. The van der Waals surface area contributed by atoms with Crippen LogP contribution in [0.5, 0.6) is 0 Å². The first-order valence-electron chi connectivity index (χ1n) is 6.47. The van der Waals surface area contributed by atoms with Crippen LogP contribution in [0, 0.1) is 17.5 Å². The molecule has 0 saturated heterocycles. The number of nitrogens with two attached hydrogens (primary N) is 1. The van der Waals surface area contributed by atoms with Crippen LogP contribution in [0.1, 0.15) is 5.56 Å². The van der Waals surface area contributed by atoms with Crippen molar-refractivity contribution < 1.29 is 32.2 Å². The molecule has 1 aliphatic heterocycles. The standard InChI is InChI=1S/C14H13F5N2O2/c15-8-3-10(17)9(16)2-7(8)11-1-6(4-22)14(20,5-21-11)12(23)13(18)19/h1-3,12-13,22-23H,4-5,20H2. The molecule has 0 spiro atoms. The normalized spacial score (nSPS) is 22.8. The second-order valence-electron chi connectivity index (χ2n) is 5.09. The van der Waals surface area contributed by atoms with Gasteiger partial charge in [0.1, 0.15) is 11.9 Å². The molecule has 0 aromatic heterocycles. The van der Waals surface area contributed by atoms with Crippen molar-refractivity contribution in [2.45, 2.75) is 18.1 Å². The van der Waals surface area contributed by atoms with Crippen molar-refractivity contribution >= 4 is 5.71 Å². The fourth-order valence-corrected chi connectivity index (χ4v) is 2.25. The van der Waals surface area contributed by atoms with E-state index in [1.165, 1.54) is 0 Å². The molecular formula is C14H13F5N2O2. The predicted molar refractivity (Wildman–Crippen MR) is 71.8 cm³/mol. The van der Waals surface area contributed by atoms with Crippen molar-refractivity contribution in [1.82, 2.24) is 0 Å². The third kappa shape index (κ3) is 3.12. The van der Waals surface area contributed by atoms with E-state index in [2.05, 4.69) is 4.99 Å². The summed E-state index contributed by atoms with van der Waals surface area (Å²) >= 11 is 0. The second kappa shape index (κ2) is 6.34. The quantitative estimate of drug-likeness (QED) is 0.570. The predicted octanol–water partition coefficient (Wildman–Crippen LogP) is 1.15. The highest BCUT2D eigenvalue weighted by molar-refractivity contribution is 6.10. The zero-order valence-corrected chi connectivity index (χ0v) is 11.6. The lowest BCUT2D eigenvalue weighted by atomic mass is 9.82. The number of hydrogen-bond acceptors (Lipinski definition) is 4. The summed E-state index contributed by atoms with van der Waals surface area (Å²) in [7, 11) is 0. The zero-order valence-electron chi connectivity index (χ0n) is 11.6. The Balaban J connectivity index is 2.45. The molecule has 4 nitrogen and oxygen atoms in total. The number of aliphatic hydroxyl groups is 2. The summed E-state index contributed by atoms with van der Waals surface area (Å²) in [4.78, 5) is 3.77. The number of benzene rings is 1. The van der Waals surface area contributed by atoms with Gasteiger partial charge in [-0.05, 0) is 17.7 Å². The maximum absolute atomic E-state index is 13.7. The van der Waals surface area contributed by atoms with Crippen LogP contribution in [0.3, 0.4) is 0 Å². The largest absolute Gasteiger partial charge is 0.392 e. The lowest BCUT2D eigenvalue weighted by Gasteiger charge is -2.36. The number of dihydropyridines is 1. The third-order valence-corrected chi connectivity index (χ3v) is 3.64.